The Morgan fingerprint density at radius 3 is 1.95 bits per heavy atom. The monoisotopic (exact) mass is 266 g/mol. The van der Waals surface area contributed by atoms with Gasteiger partial charge in [-0.05, 0) is 5.56 Å². The molecule has 0 spiro atoms. The van der Waals surface area contributed by atoms with Crippen molar-refractivity contribution < 1.29 is 23.8 Å². The van der Waals surface area contributed by atoms with Gasteiger partial charge in [0.15, 0.2) is 5.92 Å². The minimum atomic E-state index is -0.986. The molecule has 19 heavy (non-hydrogen) atoms. The van der Waals surface area contributed by atoms with Gasteiger partial charge in [-0.25, -0.2) is 0 Å². The molecule has 0 radical (unpaired) electrons. The fourth-order valence-electron chi connectivity index (χ4n) is 1.82. The van der Waals surface area contributed by atoms with Crippen LogP contribution in [0.5, 0.6) is 0 Å². The van der Waals surface area contributed by atoms with Crippen LogP contribution in [0.15, 0.2) is 30.3 Å². The van der Waals surface area contributed by atoms with E-state index in [4.69, 9.17) is 4.74 Å². The van der Waals surface area contributed by atoms with Crippen molar-refractivity contribution in [2.24, 2.45) is 5.92 Å². The van der Waals surface area contributed by atoms with Crippen LogP contribution < -0.4 is 0 Å². The molecule has 0 bridgehead atoms. The molecule has 0 saturated heterocycles. The lowest BCUT2D eigenvalue weighted by atomic mass is 9.96. The Kier molecular flexibility index (Phi) is 6.02. The van der Waals surface area contributed by atoms with Crippen LogP contribution in [0.4, 0.5) is 0 Å². The maximum atomic E-state index is 11.6. The molecule has 1 rings (SSSR count). The molecule has 5 heteroatoms. The first kappa shape index (κ1) is 15.2. The molecule has 0 amide bonds. The van der Waals surface area contributed by atoms with Crippen LogP contribution >= 0.6 is 0 Å². The second-order valence-electron chi connectivity index (χ2n) is 3.97. The van der Waals surface area contributed by atoms with Crippen molar-refractivity contribution in [3.05, 3.63) is 35.9 Å². The Balaban J connectivity index is 2.87. The quantitative estimate of drug-likeness (QED) is 0.579. The number of benzene rings is 1. The van der Waals surface area contributed by atoms with Crippen LogP contribution in [0.2, 0.25) is 0 Å². The van der Waals surface area contributed by atoms with E-state index in [1.165, 1.54) is 21.3 Å². The molecule has 0 fully saturated rings. The Morgan fingerprint density at radius 1 is 1.00 bits per heavy atom. The summed E-state index contributed by atoms with van der Waals surface area (Å²) in [5.41, 5.74) is 0.891. The van der Waals surface area contributed by atoms with Gasteiger partial charge in [0.05, 0.1) is 20.3 Å². The van der Waals surface area contributed by atoms with E-state index in [1.54, 1.807) is 0 Å². The fourth-order valence-corrected chi connectivity index (χ4v) is 1.82. The maximum Gasteiger partial charge on any atom is 0.320 e. The minimum absolute atomic E-state index is 0.180. The number of hydrogen-bond donors (Lipinski definition) is 0. The van der Waals surface area contributed by atoms with Gasteiger partial charge in [0.2, 0.25) is 0 Å². The number of ether oxygens (including phenoxy) is 3. The molecule has 0 N–H and O–H groups in total. The van der Waals surface area contributed by atoms with E-state index in [-0.39, 0.29) is 12.5 Å². The third-order valence-electron chi connectivity index (χ3n) is 2.88. The highest BCUT2D eigenvalue weighted by molar-refractivity contribution is 5.94. The molecule has 104 valence electrons. The smallest absolute Gasteiger partial charge is 0.320 e. The summed E-state index contributed by atoms with van der Waals surface area (Å²) < 4.78 is 14.6. The highest BCUT2D eigenvalue weighted by atomic mass is 16.5. The van der Waals surface area contributed by atoms with Crippen molar-refractivity contribution in [1.82, 2.24) is 0 Å². The Morgan fingerprint density at radius 2 is 1.53 bits per heavy atom. The van der Waals surface area contributed by atoms with E-state index in [2.05, 4.69) is 9.47 Å². The third-order valence-corrected chi connectivity index (χ3v) is 2.88. The lowest BCUT2D eigenvalue weighted by molar-refractivity contribution is -0.160. The summed E-state index contributed by atoms with van der Waals surface area (Å²) in [4.78, 5) is 23.2. The predicted molar refractivity (Wildman–Crippen MR) is 68.3 cm³/mol. The Hall–Kier alpha value is -1.88. The number of carbonyl (C=O) groups excluding carboxylic acids is 2. The first-order valence-corrected chi connectivity index (χ1v) is 5.87. The molecule has 1 unspecified atom stereocenters. The van der Waals surface area contributed by atoms with Gasteiger partial charge in [-0.3, -0.25) is 9.59 Å². The van der Waals surface area contributed by atoms with Crippen LogP contribution in [-0.4, -0.2) is 33.3 Å². The van der Waals surface area contributed by atoms with E-state index in [0.29, 0.717) is 0 Å². The normalized spacial score (nSPS) is 12.0. The number of hydrogen-bond acceptors (Lipinski definition) is 5. The standard InChI is InChI=1S/C14H18O5/c1-17-12(10-7-5-4-6-8-10)9-11(13(15)18-2)14(16)19-3/h4-8,11-12H,9H2,1-3H3. The van der Waals surface area contributed by atoms with Crippen LogP contribution in [-0.2, 0) is 23.8 Å². The van der Waals surface area contributed by atoms with Gasteiger partial charge < -0.3 is 14.2 Å². The second kappa shape index (κ2) is 7.53. The van der Waals surface area contributed by atoms with Gasteiger partial charge in [0, 0.05) is 13.5 Å². The molecule has 0 saturated carbocycles. The summed E-state index contributed by atoms with van der Waals surface area (Å²) in [7, 11) is 4.01. The van der Waals surface area contributed by atoms with E-state index in [1.807, 2.05) is 30.3 Å². The van der Waals surface area contributed by atoms with Crippen LogP contribution in [0.25, 0.3) is 0 Å². The summed E-state index contributed by atoms with van der Waals surface area (Å²) in [6, 6.07) is 9.37. The van der Waals surface area contributed by atoms with Crippen molar-refractivity contribution in [3.63, 3.8) is 0 Å². The molecule has 0 aliphatic carbocycles. The first-order chi connectivity index (χ1) is 9.13. The van der Waals surface area contributed by atoms with E-state index >= 15 is 0 Å². The van der Waals surface area contributed by atoms with Gasteiger partial charge in [-0.2, -0.15) is 0 Å². The molecule has 1 aromatic carbocycles. The van der Waals surface area contributed by atoms with Crippen LogP contribution in [0.1, 0.15) is 18.1 Å². The van der Waals surface area contributed by atoms with Gasteiger partial charge >= 0.3 is 11.9 Å². The zero-order chi connectivity index (χ0) is 14.3. The Labute approximate surface area is 112 Å². The van der Waals surface area contributed by atoms with Crippen molar-refractivity contribution in [2.45, 2.75) is 12.5 Å². The first-order valence-electron chi connectivity index (χ1n) is 5.87. The van der Waals surface area contributed by atoms with Crippen molar-refractivity contribution in [2.75, 3.05) is 21.3 Å². The molecular weight excluding hydrogens is 248 g/mol. The lowest BCUT2D eigenvalue weighted by Crippen LogP contribution is -2.28. The summed E-state index contributed by atoms with van der Waals surface area (Å²) in [6.45, 7) is 0. The third kappa shape index (κ3) is 4.06. The summed E-state index contributed by atoms with van der Waals surface area (Å²) in [5.74, 6) is -2.23. The summed E-state index contributed by atoms with van der Waals surface area (Å²) >= 11 is 0. The molecule has 0 heterocycles. The zero-order valence-corrected chi connectivity index (χ0v) is 11.3. The van der Waals surface area contributed by atoms with Gasteiger partial charge in [0.1, 0.15) is 0 Å². The highest BCUT2D eigenvalue weighted by Crippen LogP contribution is 2.25. The summed E-state index contributed by atoms with van der Waals surface area (Å²) in [6.07, 6.45) is -0.191. The number of rotatable bonds is 6. The average Bonchev–Trinajstić information content (AvgIpc) is 2.48. The van der Waals surface area contributed by atoms with Crippen molar-refractivity contribution in [3.8, 4) is 0 Å². The largest absolute Gasteiger partial charge is 0.468 e. The van der Waals surface area contributed by atoms with Crippen molar-refractivity contribution >= 4 is 11.9 Å². The molecule has 5 nitrogen and oxygen atoms in total. The fraction of sp³-hybridized carbons (Fsp3) is 0.429. The molecule has 0 aromatic heterocycles. The molecule has 0 aliphatic rings. The topological polar surface area (TPSA) is 61.8 Å². The predicted octanol–water partition coefficient (Wildman–Crippen LogP) is 1.73. The SMILES string of the molecule is COC(=O)C(CC(OC)c1ccccc1)C(=O)OC. The molecule has 0 aliphatic heterocycles. The lowest BCUT2D eigenvalue weighted by Gasteiger charge is -2.19. The van der Waals surface area contributed by atoms with E-state index < -0.39 is 17.9 Å². The highest BCUT2D eigenvalue weighted by Gasteiger charge is 2.32. The number of methoxy groups -OCH3 is 3. The van der Waals surface area contributed by atoms with E-state index in [9.17, 15) is 9.59 Å². The van der Waals surface area contributed by atoms with E-state index in [0.717, 1.165) is 5.56 Å². The molecular formula is C14H18O5. The van der Waals surface area contributed by atoms with Crippen LogP contribution in [0, 0.1) is 5.92 Å². The van der Waals surface area contributed by atoms with Gasteiger partial charge in [-0.15, -0.1) is 0 Å². The Bertz CT molecular complexity index is 399. The average molecular weight is 266 g/mol. The maximum absolute atomic E-state index is 11.6. The zero-order valence-electron chi connectivity index (χ0n) is 11.3. The minimum Gasteiger partial charge on any atom is -0.468 e. The molecule has 1 aromatic rings. The summed E-state index contributed by atoms with van der Waals surface area (Å²) in [5, 5.41) is 0. The number of esters is 2. The van der Waals surface area contributed by atoms with Crippen LogP contribution in [0.3, 0.4) is 0 Å². The number of carbonyl (C=O) groups is 2. The second-order valence-corrected chi connectivity index (χ2v) is 3.97. The van der Waals surface area contributed by atoms with Gasteiger partial charge in [-0.1, -0.05) is 30.3 Å². The molecule has 1 atom stereocenters. The van der Waals surface area contributed by atoms with Gasteiger partial charge in [0.25, 0.3) is 0 Å². The van der Waals surface area contributed by atoms with Crippen molar-refractivity contribution in [1.29, 1.82) is 0 Å².